The summed E-state index contributed by atoms with van der Waals surface area (Å²) in [4.78, 5) is 0. The van der Waals surface area contributed by atoms with Gasteiger partial charge in [-0.2, -0.15) is 0 Å². The van der Waals surface area contributed by atoms with Gasteiger partial charge in [0.25, 0.3) is 0 Å². The van der Waals surface area contributed by atoms with E-state index in [4.69, 9.17) is 18.9 Å². The molecule has 0 atom stereocenters. The smallest absolute Gasteiger partial charge is 0.122 e. The van der Waals surface area contributed by atoms with Crippen LogP contribution in [0.15, 0.2) is 24.3 Å². The Hall–Kier alpha value is -1.10. The summed E-state index contributed by atoms with van der Waals surface area (Å²) in [6.45, 7) is 8.87. The molecule has 0 aliphatic rings. The fourth-order valence-corrected chi connectivity index (χ4v) is 1.75. The molecule has 0 N–H and O–H groups in total. The molecular formula is C17H28O4. The minimum atomic E-state index is 0.619. The van der Waals surface area contributed by atoms with E-state index in [1.807, 2.05) is 31.2 Å². The molecule has 0 unspecified atom stereocenters. The molecule has 4 nitrogen and oxygen atoms in total. The van der Waals surface area contributed by atoms with Crippen molar-refractivity contribution in [1.29, 1.82) is 0 Å². The van der Waals surface area contributed by atoms with Gasteiger partial charge in [-0.1, -0.05) is 25.1 Å². The van der Waals surface area contributed by atoms with E-state index in [1.54, 1.807) is 0 Å². The fourth-order valence-electron chi connectivity index (χ4n) is 1.75. The van der Waals surface area contributed by atoms with E-state index in [9.17, 15) is 0 Å². The summed E-state index contributed by atoms with van der Waals surface area (Å²) >= 11 is 0. The van der Waals surface area contributed by atoms with Crippen LogP contribution in [0.25, 0.3) is 0 Å². The van der Waals surface area contributed by atoms with Crippen LogP contribution in [0.1, 0.15) is 25.3 Å². The molecule has 0 saturated carbocycles. The van der Waals surface area contributed by atoms with E-state index in [2.05, 4.69) is 6.92 Å². The van der Waals surface area contributed by atoms with Crippen molar-refractivity contribution in [3.63, 3.8) is 0 Å². The van der Waals surface area contributed by atoms with E-state index in [1.165, 1.54) is 0 Å². The molecular weight excluding hydrogens is 268 g/mol. The van der Waals surface area contributed by atoms with Gasteiger partial charge in [-0.05, 0) is 25.0 Å². The highest BCUT2D eigenvalue weighted by Gasteiger charge is 1.97. The predicted molar refractivity (Wildman–Crippen MR) is 84.0 cm³/mol. The van der Waals surface area contributed by atoms with Crippen molar-refractivity contribution in [3.8, 4) is 5.75 Å². The van der Waals surface area contributed by atoms with Crippen LogP contribution < -0.4 is 4.74 Å². The summed E-state index contributed by atoms with van der Waals surface area (Å²) in [6, 6.07) is 8.04. The predicted octanol–water partition coefficient (Wildman–Crippen LogP) is 3.22. The number of aryl methyl sites for hydroxylation is 1. The minimum Gasteiger partial charge on any atom is -0.493 e. The van der Waals surface area contributed by atoms with Crippen molar-refractivity contribution in [2.24, 2.45) is 0 Å². The fraction of sp³-hybridized carbons (Fsp3) is 0.647. The summed E-state index contributed by atoms with van der Waals surface area (Å²) in [5.41, 5.74) is 1.16. The molecule has 0 aliphatic carbocycles. The Balaban J connectivity index is 1.84. The zero-order valence-electron chi connectivity index (χ0n) is 13.3. The first-order valence-electron chi connectivity index (χ1n) is 7.76. The minimum absolute atomic E-state index is 0.619. The van der Waals surface area contributed by atoms with Gasteiger partial charge in [-0.25, -0.2) is 0 Å². The van der Waals surface area contributed by atoms with Gasteiger partial charge in [-0.3, -0.25) is 0 Å². The number of hydrogen-bond acceptors (Lipinski definition) is 4. The average molecular weight is 296 g/mol. The molecule has 0 heterocycles. The number of ether oxygens (including phenoxy) is 4. The molecule has 21 heavy (non-hydrogen) atoms. The maximum atomic E-state index is 5.69. The zero-order chi connectivity index (χ0) is 15.2. The van der Waals surface area contributed by atoms with E-state index < -0.39 is 0 Å². The summed E-state index contributed by atoms with van der Waals surface area (Å²) in [7, 11) is 0. The van der Waals surface area contributed by atoms with Gasteiger partial charge in [0.1, 0.15) is 5.75 Å². The summed E-state index contributed by atoms with van der Waals surface area (Å²) in [6.07, 6.45) is 1.93. The number of benzene rings is 1. The Bertz CT molecular complexity index is 354. The third kappa shape index (κ3) is 9.45. The maximum absolute atomic E-state index is 5.69. The quantitative estimate of drug-likeness (QED) is 0.524. The lowest BCUT2D eigenvalue weighted by Gasteiger charge is -2.09. The average Bonchev–Trinajstić information content (AvgIpc) is 2.50. The van der Waals surface area contributed by atoms with Crippen LogP contribution in [0, 0.1) is 6.92 Å². The Morgan fingerprint density at radius 1 is 0.762 bits per heavy atom. The van der Waals surface area contributed by atoms with Gasteiger partial charge in [0, 0.05) is 19.6 Å². The van der Waals surface area contributed by atoms with E-state index in [-0.39, 0.29) is 0 Å². The van der Waals surface area contributed by atoms with Crippen LogP contribution in [0.3, 0.4) is 0 Å². The molecule has 0 aliphatic heterocycles. The van der Waals surface area contributed by atoms with Crippen molar-refractivity contribution in [2.45, 2.75) is 26.7 Å². The molecule has 0 aromatic heterocycles. The van der Waals surface area contributed by atoms with Gasteiger partial charge in [-0.15, -0.1) is 0 Å². The molecule has 4 heteroatoms. The highest BCUT2D eigenvalue weighted by molar-refractivity contribution is 5.31. The molecule has 0 fully saturated rings. The van der Waals surface area contributed by atoms with E-state index >= 15 is 0 Å². The lowest BCUT2D eigenvalue weighted by Crippen LogP contribution is -2.11. The molecule has 0 bridgehead atoms. The number of hydrogen-bond donors (Lipinski definition) is 0. The van der Waals surface area contributed by atoms with Crippen molar-refractivity contribution >= 4 is 0 Å². The van der Waals surface area contributed by atoms with Gasteiger partial charge >= 0.3 is 0 Å². The highest BCUT2D eigenvalue weighted by atomic mass is 16.5. The third-order valence-electron chi connectivity index (χ3n) is 2.88. The Morgan fingerprint density at radius 3 is 2.05 bits per heavy atom. The van der Waals surface area contributed by atoms with E-state index in [0.717, 1.165) is 30.8 Å². The Morgan fingerprint density at radius 2 is 1.38 bits per heavy atom. The van der Waals surface area contributed by atoms with Gasteiger partial charge < -0.3 is 18.9 Å². The molecule has 0 saturated heterocycles. The summed E-state index contributed by atoms with van der Waals surface area (Å²) < 4.78 is 21.9. The van der Waals surface area contributed by atoms with Crippen LogP contribution in [0.4, 0.5) is 0 Å². The first kappa shape index (κ1) is 18.0. The zero-order valence-corrected chi connectivity index (χ0v) is 13.3. The maximum Gasteiger partial charge on any atom is 0.122 e. The van der Waals surface area contributed by atoms with Gasteiger partial charge in [0.05, 0.1) is 33.0 Å². The Kier molecular flexibility index (Phi) is 10.8. The molecule has 0 amide bonds. The summed E-state index contributed by atoms with van der Waals surface area (Å²) in [5.74, 6) is 0.952. The van der Waals surface area contributed by atoms with Crippen molar-refractivity contribution < 1.29 is 18.9 Å². The lowest BCUT2D eigenvalue weighted by atomic mass is 10.2. The third-order valence-corrected chi connectivity index (χ3v) is 2.88. The van der Waals surface area contributed by atoms with Gasteiger partial charge in [0.2, 0.25) is 0 Å². The van der Waals surface area contributed by atoms with Crippen LogP contribution in [0.2, 0.25) is 0 Å². The first-order chi connectivity index (χ1) is 10.3. The lowest BCUT2D eigenvalue weighted by molar-refractivity contribution is 0.0129. The van der Waals surface area contributed by atoms with Gasteiger partial charge in [0.15, 0.2) is 0 Å². The standard InChI is InChI=1S/C17H28O4/c1-3-9-18-12-14-20-15-13-19-10-6-11-21-17-8-5-4-7-16(17)2/h4-5,7-8H,3,6,9-15H2,1-2H3. The largest absolute Gasteiger partial charge is 0.493 e. The number of para-hydroxylation sites is 1. The van der Waals surface area contributed by atoms with Crippen LogP contribution in [0.5, 0.6) is 5.75 Å². The van der Waals surface area contributed by atoms with Crippen molar-refractivity contribution in [3.05, 3.63) is 29.8 Å². The molecule has 0 spiro atoms. The Labute approximate surface area is 128 Å². The highest BCUT2D eigenvalue weighted by Crippen LogP contribution is 2.15. The van der Waals surface area contributed by atoms with Crippen molar-refractivity contribution in [1.82, 2.24) is 0 Å². The molecule has 1 aromatic rings. The second-order valence-corrected chi connectivity index (χ2v) is 4.80. The topological polar surface area (TPSA) is 36.9 Å². The van der Waals surface area contributed by atoms with Crippen molar-refractivity contribution in [2.75, 3.05) is 46.2 Å². The summed E-state index contributed by atoms with van der Waals surface area (Å²) in [5, 5.41) is 0. The molecule has 0 radical (unpaired) electrons. The second kappa shape index (κ2) is 12.6. The molecule has 1 rings (SSSR count). The first-order valence-corrected chi connectivity index (χ1v) is 7.76. The van der Waals surface area contributed by atoms with Crippen LogP contribution >= 0.6 is 0 Å². The van der Waals surface area contributed by atoms with Crippen LogP contribution in [-0.2, 0) is 14.2 Å². The molecule has 1 aromatic carbocycles. The number of rotatable bonds is 13. The van der Waals surface area contributed by atoms with E-state index in [0.29, 0.717) is 39.6 Å². The molecule has 120 valence electrons. The second-order valence-electron chi connectivity index (χ2n) is 4.80. The SMILES string of the molecule is CCCOCCOCCOCCCOc1ccccc1C. The monoisotopic (exact) mass is 296 g/mol. The normalized spacial score (nSPS) is 10.8. The van der Waals surface area contributed by atoms with Crippen LogP contribution in [-0.4, -0.2) is 46.2 Å².